The van der Waals surface area contributed by atoms with Crippen LogP contribution in [0, 0.1) is 0 Å². The van der Waals surface area contributed by atoms with E-state index in [4.69, 9.17) is 14.3 Å². The molecule has 1 N–H and O–H groups in total. The van der Waals surface area contributed by atoms with Crippen LogP contribution in [0.25, 0.3) is 0 Å². The first-order valence-corrected chi connectivity index (χ1v) is 5.74. The van der Waals surface area contributed by atoms with Crippen molar-refractivity contribution in [2.45, 2.75) is 6.04 Å². The van der Waals surface area contributed by atoms with Crippen molar-refractivity contribution in [3.63, 3.8) is 0 Å². The molecule has 1 amide bonds. The standard InChI is InChI=1S/C10H10BrNO5/c11-8-3-6(4-17-8)9(13)12-1-2-16-5-7(12)10(14)15/h3-4,7H,1-2,5H2,(H,14,15). The molecule has 0 aliphatic carbocycles. The van der Waals surface area contributed by atoms with Crippen molar-refractivity contribution < 1.29 is 23.8 Å². The van der Waals surface area contributed by atoms with Crippen LogP contribution in [0.15, 0.2) is 21.4 Å². The molecule has 1 aromatic heterocycles. The monoisotopic (exact) mass is 303 g/mol. The number of ether oxygens (including phenoxy) is 1. The normalized spacial score (nSPS) is 20.3. The Morgan fingerprint density at radius 2 is 2.29 bits per heavy atom. The smallest absolute Gasteiger partial charge is 0.328 e. The largest absolute Gasteiger partial charge is 0.480 e. The molecule has 1 fully saturated rings. The van der Waals surface area contributed by atoms with Crippen LogP contribution in [0.1, 0.15) is 10.4 Å². The molecule has 1 unspecified atom stereocenters. The van der Waals surface area contributed by atoms with Crippen LogP contribution in [0.4, 0.5) is 0 Å². The van der Waals surface area contributed by atoms with Crippen molar-refractivity contribution >= 4 is 27.8 Å². The second kappa shape index (κ2) is 4.89. The lowest BCUT2D eigenvalue weighted by Gasteiger charge is -2.32. The summed E-state index contributed by atoms with van der Waals surface area (Å²) in [7, 11) is 0. The minimum Gasteiger partial charge on any atom is -0.480 e. The summed E-state index contributed by atoms with van der Waals surface area (Å²) in [6.07, 6.45) is 1.29. The van der Waals surface area contributed by atoms with Crippen molar-refractivity contribution in [1.82, 2.24) is 4.90 Å². The van der Waals surface area contributed by atoms with Crippen molar-refractivity contribution in [3.8, 4) is 0 Å². The van der Waals surface area contributed by atoms with Gasteiger partial charge in [0.05, 0.1) is 18.8 Å². The Bertz CT molecular complexity index is 444. The van der Waals surface area contributed by atoms with Crippen LogP contribution < -0.4 is 0 Å². The van der Waals surface area contributed by atoms with Crippen LogP contribution in [0.2, 0.25) is 0 Å². The Kier molecular flexibility index (Phi) is 3.49. The number of halogens is 1. The van der Waals surface area contributed by atoms with E-state index in [1.165, 1.54) is 17.2 Å². The summed E-state index contributed by atoms with van der Waals surface area (Å²) >= 11 is 3.09. The molecule has 2 rings (SSSR count). The molecule has 1 aliphatic rings. The maximum Gasteiger partial charge on any atom is 0.328 e. The van der Waals surface area contributed by atoms with Gasteiger partial charge in [0, 0.05) is 12.6 Å². The van der Waals surface area contributed by atoms with E-state index in [0.29, 0.717) is 16.8 Å². The van der Waals surface area contributed by atoms with Gasteiger partial charge in [0.1, 0.15) is 6.26 Å². The molecule has 1 aromatic rings. The lowest BCUT2D eigenvalue weighted by Crippen LogP contribution is -2.52. The summed E-state index contributed by atoms with van der Waals surface area (Å²) in [5.41, 5.74) is 0.324. The molecule has 7 heteroatoms. The third kappa shape index (κ3) is 2.50. The van der Waals surface area contributed by atoms with E-state index in [1.54, 1.807) is 0 Å². The summed E-state index contributed by atoms with van der Waals surface area (Å²) in [6, 6.07) is 0.571. The number of aliphatic carboxylic acids is 1. The molecule has 1 aliphatic heterocycles. The highest BCUT2D eigenvalue weighted by atomic mass is 79.9. The van der Waals surface area contributed by atoms with Gasteiger partial charge >= 0.3 is 5.97 Å². The average molecular weight is 304 g/mol. The predicted octanol–water partition coefficient (Wildman–Crippen LogP) is 0.968. The molecule has 92 valence electrons. The van der Waals surface area contributed by atoms with Crippen LogP contribution in [0.5, 0.6) is 0 Å². The molecular weight excluding hydrogens is 294 g/mol. The Balaban J connectivity index is 2.19. The van der Waals surface area contributed by atoms with Gasteiger partial charge < -0.3 is 19.2 Å². The van der Waals surface area contributed by atoms with Crippen molar-refractivity contribution in [1.29, 1.82) is 0 Å². The predicted molar refractivity (Wildman–Crippen MR) is 59.7 cm³/mol. The van der Waals surface area contributed by atoms with E-state index < -0.39 is 12.0 Å². The van der Waals surface area contributed by atoms with E-state index in [9.17, 15) is 9.59 Å². The first kappa shape index (κ1) is 12.1. The number of morpholine rings is 1. The molecule has 1 atom stereocenters. The second-order valence-electron chi connectivity index (χ2n) is 3.57. The SMILES string of the molecule is O=C(O)C1COCCN1C(=O)c1coc(Br)c1. The highest BCUT2D eigenvalue weighted by molar-refractivity contribution is 9.10. The fourth-order valence-electron chi connectivity index (χ4n) is 1.64. The summed E-state index contributed by atoms with van der Waals surface area (Å²) in [4.78, 5) is 24.3. The first-order valence-electron chi connectivity index (χ1n) is 4.95. The minimum absolute atomic E-state index is 0.0140. The molecule has 0 bridgehead atoms. The summed E-state index contributed by atoms with van der Waals surface area (Å²) < 4.78 is 10.5. The van der Waals surface area contributed by atoms with Crippen molar-refractivity contribution in [2.75, 3.05) is 19.8 Å². The molecule has 0 spiro atoms. The van der Waals surface area contributed by atoms with Crippen LogP contribution in [0.3, 0.4) is 0 Å². The van der Waals surface area contributed by atoms with Gasteiger partial charge in [-0.25, -0.2) is 4.79 Å². The Morgan fingerprint density at radius 1 is 1.53 bits per heavy atom. The number of furan rings is 1. The highest BCUT2D eigenvalue weighted by Crippen LogP contribution is 2.18. The first-order chi connectivity index (χ1) is 8.09. The number of carboxylic acids is 1. The third-order valence-electron chi connectivity index (χ3n) is 2.49. The Morgan fingerprint density at radius 3 is 2.88 bits per heavy atom. The van der Waals surface area contributed by atoms with E-state index in [2.05, 4.69) is 15.9 Å². The van der Waals surface area contributed by atoms with Gasteiger partial charge in [-0.15, -0.1) is 0 Å². The fraction of sp³-hybridized carbons (Fsp3) is 0.400. The maximum absolute atomic E-state index is 12.1. The van der Waals surface area contributed by atoms with Gasteiger partial charge in [0.25, 0.3) is 5.91 Å². The van der Waals surface area contributed by atoms with Crippen molar-refractivity contribution in [2.24, 2.45) is 0 Å². The summed E-state index contributed by atoms with van der Waals surface area (Å²) in [5.74, 6) is -1.43. The van der Waals surface area contributed by atoms with Gasteiger partial charge in [0.2, 0.25) is 0 Å². The molecule has 2 heterocycles. The van der Waals surface area contributed by atoms with E-state index in [1.807, 2.05) is 0 Å². The summed E-state index contributed by atoms with van der Waals surface area (Å²) in [6.45, 7) is 0.618. The highest BCUT2D eigenvalue weighted by Gasteiger charge is 2.33. The number of carboxylic acid groups (broad SMARTS) is 1. The van der Waals surface area contributed by atoms with Gasteiger partial charge in [-0.1, -0.05) is 0 Å². The molecule has 1 saturated heterocycles. The lowest BCUT2D eigenvalue weighted by molar-refractivity contribution is -0.147. The van der Waals surface area contributed by atoms with Crippen LogP contribution in [-0.2, 0) is 9.53 Å². The number of nitrogens with zero attached hydrogens (tertiary/aromatic N) is 1. The van der Waals surface area contributed by atoms with Gasteiger partial charge in [0.15, 0.2) is 10.7 Å². The number of amides is 1. The zero-order chi connectivity index (χ0) is 12.4. The quantitative estimate of drug-likeness (QED) is 0.880. The van der Waals surface area contributed by atoms with Gasteiger partial charge in [-0.05, 0) is 15.9 Å². The molecule has 6 nitrogen and oxygen atoms in total. The average Bonchev–Trinajstić information content (AvgIpc) is 2.75. The maximum atomic E-state index is 12.1. The fourth-order valence-corrected chi connectivity index (χ4v) is 1.98. The Labute approximate surface area is 105 Å². The minimum atomic E-state index is -1.07. The summed E-state index contributed by atoms with van der Waals surface area (Å²) in [5, 5.41) is 9.00. The Hall–Kier alpha value is -1.34. The second-order valence-corrected chi connectivity index (χ2v) is 4.35. The number of hydrogen-bond acceptors (Lipinski definition) is 4. The van der Waals surface area contributed by atoms with Crippen molar-refractivity contribution in [3.05, 3.63) is 22.6 Å². The zero-order valence-corrected chi connectivity index (χ0v) is 10.3. The topological polar surface area (TPSA) is 80.0 Å². The molecule has 0 aromatic carbocycles. The van der Waals surface area contributed by atoms with Crippen LogP contribution in [-0.4, -0.2) is 47.7 Å². The van der Waals surface area contributed by atoms with Gasteiger partial charge in [-0.3, -0.25) is 4.79 Å². The molecule has 0 saturated carbocycles. The zero-order valence-electron chi connectivity index (χ0n) is 8.76. The number of carbonyl (C=O) groups is 2. The molecule has 0 radical (unpaired) electrons. The van der Waals surface area contributed by atoms with Gasteiger partial charge in [-0.2, -0.15) is 0 Å². The van der Waals surface area contributed by atoms with E-state index >= 15 is 0 Å². The molecular formula is C10H10BrNO5. The molecule has 17 heavy (non-hydrogen) atoms. The third-order valence-corrected chi connectivity index (χ3v) is 2.90. The van der Waals surface area contributed by atoms with E-state index in [0.717, 1.165) is 0 Å². The number of carbonyl (C=O) groups excluding carboxylic acids is 1. The van der Waals surface area contributed by atoms with Crippen LogP contribution >= 0.6 is 15.9 Å². The lowest BCUT2D eigenvalue weighted by atomic mass is 10.2. The van der Waals surface area contributed by atoms with E-state index in [-0.39, 0.29) is 19.1 Å². The number of rotatable bonds is 2. The number of hydrogen-bond donors (Lipinski definition) is 1.